The van der Waals surface area contributed by atoms with Crippen LogP contribution in [0.3, 0.4) is 0 Å². The Kier molecular flexibility index (Phi) is 2.84. The molecule has 0 spiro atoms. The molecular formula is C11H14N4. The Balaban J connectivity index is 2.12. The van der Waals surface area contributed by atoms with Crippen LogP contribution < -0.4 is 4.90 Å². The Hall–Kier alpha value is -1.60. The molecule has 2 heterocycles. The summed E-state index contributed by atoms with van der Waals surface area (Å²) in [7, 11) is 2.12. The molecule has 1 aliphatic heterocycles. The van der Waals surface area contributed by atoms with Crippen LogP contribution in [0.15, 0.2) is 18.2 Å². The van der Waals surface area contributed by atoms with E-state index in [4.69, 9.17) is 5.26 Å². The van der Waals surface area contributed by atoms with E-state index in [0.717, 1.165) is 32.0 Å². The third-order valence-electron chi connectivity index (χ3n) is 2.68. The number of piperazine rings is 1. The summed E-state index contributed by atoms with van der Waals surface area (Å²) in [5, 5.41) is 8.76. The zero-order valence-electron chi connectivity index (χ0n) is 8.85. The van der Waals surface area contributed by atoms with Crippen molar-refractivity contribution < 1.29 is 0 Å². The summed E-state index contributed by atoms with van der Waals surface area (Å²) in [6.45, 7) is 4.08. The second kappa shape index (κ2) is 4.28. The Bertz CT molecular complexity index is 374. The molecule has 0 saturated carbocycles. The summed E-state index contributed by atoms with van der Waals surface area (Å²) in [6, 6.07) is 7.66. The van der Waals surface area contributed by atoms with Gasteiger partial charge >= 0.3 is 0 Å². The molecule has 0 bridgehead atoms. The van der Waals surface area contributed by atoms with Gasteiger partial charge in [-0.15, -0.1) is 0 Å². The van der Waals surface area contributed by atoms with Crippen molar-refractivity contribution in [2.75, 3.05) is 38.1 Å². The highest BCUT2D eigenvalue weighted by molar-refractivity contribution is 5.41. The van der Waals surface area contributed by atoms with E-state index in [1.165, 1.54) is 0 Å². The number of anilines is 1. The first-order chi connectivity index (χ1) is 7.29. The Morgan fingerprint density at radius 3 is 2.67 bits per heavy atom. The normalized spacial score (nSPS) is 17.5. The number of likely N-dealkylation sites (N-methyl/N-ethyl adjacent to an activating group) is 1. The van der Waals surface area contributed by atoms with Gasteiger partial charge in [0.05, 0.1) is 0 Å². The SMILES string of the molecule is CN1CCN(c2cccc(C#N)n2)CC1. The molecular weight excluding hydrogens is 188 g/mol. The lowest BCUT2D eigenvalue weighted by molar-refractivity contribution is 0.312. The van der Waals surface area contributed by atoms with Crippen molar-refractivity contribution >= 4 is 5.82 Å². The molecule has 2 rings (SSSR count). The summed E-state index contributed by atoms with van der Waals surface area (Å²) < 4.78 is 0. The van der Waals surface area contributed by atoms with Gasteiger partial charge in [0.25, 0.3) is 0 Å². The number of aromatic nitrogens is 1. The standard InChI is InChI=1S/C11H14N4/c1-14-5-7-15(8-6-14)11-4-2-3-10(9-12)13-11/h2-4H,5-8H2,1H3. The smallest absolute Gasteiger partial charge is 0.142 e. The van der Waals surface area contributed by atoms with E-state index in [1.54, 1.807) is 6.07 Å². The zero-order chi connectivity index (χ0) is 10.7. The molecule has 0 aromatic carbocycles. The van der Waals surface area contributed by atoms with Crippen molar-refractivity contribution in [3.05, 3.63) is 23.9 Å². The predicted octanol–water partition coefficient (Wildman–Crippen LogP) is 0.705. The van der Waals surface area contributed by atoms with Crippen molar-refractivity contribution in [1.82, 2.24) is 9.88 Å². The lowest BCUT2D eigenvalue weighted by Crippen LogP contribution is -2.44. The van der Waals surface area contributed by atoms with Crippen molar-refractivity contribution in [2.24, 2.45) is 0 Å². The average Bonchev–Trinajstić information content (AvgIpc) is 2.30. The maximum atomic E-state index is 8.76. The van der Waals surface area contributed by atoms with Gasteiger partial charge in [-0.05, 0) is 19.2 Å². The van der Waals surface area contributed by atoms with Gasteiger partial charge in [0.15, 0.2) is 0 Å². The van der Waals surface area contributed by atoms with Crippen LogP contribution in [0.2, 0.25) is 0 Å². The van der Waals surface area contributed by atoms with Crippen molar-refractivity contribution in [3.8, 4) is 6.07 Å². The second-order valence-electron chi connectivity index (χ2n) is 3.78. The van der Waals surface area contributed by atoms with Crippen LogP contribution in [0, 0.1) is 11.3 Å². The third-order valence-corrected chi connectivity index (χ3v) is 2.68. The molecule has 0 radical (unpaired) electrons. The van der Waals surface area contributed by atoms with E-state index >= 15 is 0 Å². The molecule has 4 heteroatoms. The van der Waals surface area contributed by atoms with Crippen molar-refractivity contribution in [1.29, 1.82) is 5.26 Å². The molecule has 0 aliphatic carbocycles. The van der Waals surface area contributed by atoms with Gasteiger partial charge in [0, 0.05) is 26.2 Å². The van der Waals surface area contributed by atoms with Crippen LogP contribution in [-0.2, 0) is 0 Å². The van der Waals surface area contributed by atoms with E-state index < -0.39 is 0 Å². The van der Waals surface area contributed by atoms with E-state index in [2.05, 4.69) is 27.9 Å². The molecule has 1 aromatic heterocycles. The van der Waals surface area contributed by atoms with Crippen LogP contribution in [0.1, 0.15) is 5.69 Å². The average molecular weight is 202 g/mol. The minimum absolute atomic E-state index is 0.492. The molecule has 0 N–H and O–H groups in total. The van der Waals surface area contributed by atoms with Gasteiger partial charge in [-0.3, -0.25) is 0 Å². The predicted molar refractivity (Wildman–Crippen MR) is 58.7 cm³/mol. The van der Waals surface area contributed by atoms with E-state index in [1.807, 2.05) is 12.1 Å². The molecule has 1 aromatic rings. The first-order valence-corrected chi connectivity index (χ1v) is 5.10. The molecule has 1 saturated heterocycles. The number of nitriles is 1. The lowest BCUT2D eigenvalue weighted by Gasteiger charge is -2.33. The highest BCUT2D eigenvalue weighted by Gasteiger charge is 2.15. The Morgan fingerprint density at radius 1 is 1.27 bits per heavy atom. The minimum atomic E-state index is 0.492. The first kappa shape index (κ1) is 9.94. The Morgan fingerprint density at radius 2 is 2.00 bits per heavy atom. The van der Waals surface area contributed by atoms with Crippen LogP contribution in [0.25, 0.3) is 0 Å². The van der Waals surface area contributed by atoms with Gasteiger partial charge in [-0.25, -0.2) is 4.98 Å². The molecule has 0 amide bonds. The Labute approximate surface area is 89.7 Å². The topological polar surface area (TPSA) is 43.2 Å². The highest BCUT2D eigenvalue weighted by Crippen LogP contribution is 2.13. The van der Waals surface area contributed by atoms with Gasteiger partial charge in [0.1, 0.15) is 17.6 Å². The van der Waals surface area contributed by atoms with Gasteiger partial charge in [-0.2, -0.15) is 5.26 Å². The van der Waals surface area contributed by atoms with Crippen LogP contribution in [0.5, 0.6) is 0 Å². The monoisotopic (exact) mass is 202 g/mol. The fraction of sp³-hybridized carbons (Fsp3) is 0.455. The molecule has 78 valence electrons. The summed E-state index contributed by atoms with van der Waals surface area (Å²) in [5.74, 6) is 0.919. The molecule has 4 nitrogen and oxygen atoms in total. The van der Waals surface area contributed by atoms with E-state index in [-0.39, 0.29) is 0 Å². The number of pyridine rings is 1. The highest BCUT2D eigenvalue weighted by atomic mass is 15.3. The zero-order valence-corrected chi connectivity index (χ0v) is 8.85. The van der Waals surface area contributed by atoms with E-state index in [9.17, 15) is 0 Å². The van der Waals surface area contributed by atoms with Gasteiger partial charge in [-0.1, -0.05) is 6.07 Å². The van der Waals surface area contributed by atoms with Gasteiger partial charge in [0.2, 0.25) is 0 Å². The molecule has 15 heavy (non-hydrogen) atoms. The number of hydrogen-bond donors (Lipinski definition) is 0. The summed E-state index contributed by atoms with van der Waals surface area (Å²) >= 11 is 0. The number of rotatable bonds is 1. The third kappa shape index (κ3) is 2.25. The maximum absolute atomic E-state index is 8.76. The number of hydrogen-bond acceptors (Lipinski definition) is 4. The van der Waals surface area contributed by atoms with E-state index in [0.29, 0.717) is 5.69 Å². The summed E-state index contributed by atoms with van der Waals surface area (Å²) in [6.07, 6.45) is 0. The van der Waals surface area contributed by atoms with Crippen molar-refractivity contribution in [2.45, 2.75) is 0 Å². The van der Waals surface area contributed by atoms with Crippen LogP contribution >= 0.6 is 0 Å². The second-order valence-corrected chi connectivity index (χ2v) is 3.78. The molecule has 0 atom stereocenters. The summed E-state index contributed by atoms with van der Waals surface area (Å²) in [4.78, 5) is 8.81. The molecule has 1 aliphatic rings. The summed E-state index contributed by atoms with van der Waals surface area (Å²) in [5.41, 5.74) is 0.492. The fourth-order valence-electron chi connectivity index (χ4n) is 1.70. The van der Waals surface area contributed by atoms with Crippen LogP contribution in [0.4, 0.5) is 5.82 Å². The quantitative estimate of drug-likeness (QED) is 0.672. The largest absolute Gasteiger partial charge is 0.354 e. The number of nitrogens with zero attached hydrogens (tertiary/aromatic N) is 4. The molecule has 1 fully saturated rings. The van der Waals surface area contributed by atoms with Crippen LogP contribution in [-0.4, -0.2) is 43.1 Å². The van der Waals surface area contributed by atoms with Crippen molar-refractivity contribution in [3.63, 3.8) is 0 Å². The lowest BCUT2D eigenvalue weighted by atomic mass is 10.3. The maximum Gasteiger partial charge on any atom is 0.142 e. The minimum Gasteiger partial charge on any atom is -0.354 e. The first-order valence-electron chi connectivity index (χ1n) is 5.10. The fourth-order valence-corrected chi connectivity index (χ4v) is 1.70. The molecule has 0 unspecified atom stereocenters. The van der Waals surface area contributed by atoms with Gasteiger partial charge < -0.3 is 9.80 Å².